The molecule has 0 aliphatic carbocycles. The summed E-state index contributed by atoms with van der Waals surface area (Å²) in [6, 6.07) is 0.187. The van der Waals surface area contributed by atoms with E-state index in [1.165, 1.54) is 12.8 Å². The number of aliphatic hydroxyl groups excluding tert-OH is 1. The number of hydrogen-bond acceptors (Lipinski definition) is 2. The Hall–Kier alpha value is -0.0800. The molecule has 0 spiro atoms. The minimum absolute atomic E-state index is 0.187. The zero-order valence-electron chi connectivity index (χ0n) is 7.71. The Labute approximate surface area is 69.8 Å². The molecule has 0 bridgehead atoms. The Balaban J connectivity index is 3.56. The third-order valence-electron chi connectivity index (χ3n) is 2.24. The quantitative estimate of drug-likeness (QED) is 0.617. The molecule has 0 radical (unpaired) electrons. The molecular formula is C9H21NO. The summed E-state index contributed by atoms with van der Waals surface area (Å²) in [7, 11) is 0. The van der Waals surface area contributed by atoms with E-state index in [2.05, 4.69) is 13.8 Å². The van der Waals surface area contributed by atoms with Crippen molar-refractivity contribution in [3.05, 3.63) is 0 Å². The molecule has 2 unspecified atom stereocenters. The third kappa shape index (κ3) is 4.38. The maximum Gasteiger partial charge on any atom is 0.0474 e. The van der Waals surface area contributed by atoms with E-state index in [9.17, 15) is 0 Å². The monoisotopic (exact) mass is 159 g/mol. The van der Waals surface area contributed by atoms with Gasteiger partial charge in [0, 0.05) is 12.6 Å². The highest BCUT2D eigenvalue weighted by Gasteiger charge is 2.13. The first-order valence-electron chi connectivity index (χ1n) is 4.62. The van der Waals surface area contributed by atoms with E-state index < -0.39 is 0 Å². The van der Waals surface area contributed by atoms with Gasteiger partial charge in [-0.15, -0.1) is 0 Å². The lowest BCUT2D eigenvalue weighted by Crippen LogP contribution is -2.31. The molecule has 0 saturated carbocycles. The highest BCUT2D eigenvalue weighted by molar-refractivity contribution is 4.70. The van der Waals surface area contributed by atoms with Crippen molar-refractivity contribution >= 4 is 0 Å². The Morgan fingerprint density at radius 3 is 2.36 bits per heavy atom. The van der Waals surface area contributed by atoms with Gasteiger partial charge in [0.25, 0.3) is 0 Å². The molecule has 11 heavy (non-hydrogen) atoms. The van der Waals surface area contributed by atoms with E-state index in [0.717, 1.165) is 12.8 Å². The standard InChI is InChI=1S/C9H21NO/c1-3-5-6-8(7-11)9(10)4-2/h8-9,11H,3-7,10H2,1-2H3. The van der Waals surface area contributed by atoms with Crippen molar-refractivity contribution in [3.63, 3.8) is 0 Å². The number of unbranched alkanes of at least 4 members (excludes halogenated alkanes) is 1. The molecule has 3 N–H and O–H groups in total. The fourth-order valence-electron chi connectivity index (χ4n) is 1.24. The lowest BCUT2D eigenvalue weighted by molar-refractivity contribution is 0.191. The number of aliphatic hydroxyl groups is 1. The SMILES string of the molecule is CCCCC(CO)C(N)CC. The molecule has 68 valence electrons. The maximum atomic E-state index is 8.97. The van der Waals surface area contributed by atoms with Crippen LogP contribution < -0.4 is 5.73 Å². The Morgan fingerprint density at radius 1 is 1.36 bits per heavy atom. The lowest BCUT2D eigenvalue weighted by atomic mass is 9.94. The predicted octanol–water partition coefficient (Wildman–Crippen LogP) is 1.52. The van der Waals surface area contributed by atoms with Crippen molar-refractivity contribution < 1.29 is 5.11 Å². The van der Waals surface area contributed by atoms with Gasteiger partial charge in [0.2, 0.25) is 0 Å². The molecule has 2 atom stereocenters. The van der Waals surface area contributed by atoms with E-state index >= 15 is 0 Å². The van der Waals surface area contributed by atoms with E-state index in [1.807, 2.05) is 0 Å². The second-order valence-electron chi connectivity index (χ2n) is 3.16. The van der Waals surface area contributed by atoms with Gasteiger partial charge in [-0.05, 0) is 18.8 Å². The van der Waals surface area contributed by atoms with Crippen LogP contribution in [0.1, 0.15) is 39.5 Å². The fourth-order valence-corrected chi connectivity index (χ4v) is 1.24. The summed E-state index contributed by atoms with van der Waals surface area (Å²) in [5.41, 5.74) is 5.81. The van der Waals surface area contributed by atoms with E-state index in [1.54, 1.807) is 0 Å². The maximum absolute atomic E-state index is 8.97. The van der Waals surface area contributed by atoms with Crippen LogP contribution in [0.5, 0.6) is 0 Å². The molecule has 0 aromatic carbocycles. The average Bonchev–Trinajstić information content (AvgIpc) is 2.05. The van der Waals surface area contributed by atoms with Crippen LogP contribution in [0.4, 0.5) is 0 Å². The number of rotatable bonds is 6. The molecule has 0 fully saturated rings. The van der Waals surface area contributed by atoms with Crippen LogP contribution in [0.3, 0.4) is 0 Å². The van der Waals surface area contributed by atoms with Gasteiger partial charge in [-0.3, -0.25) is 0 Å². The van der Waals surface area contributed by atoms with Gasteiger partial charge in [-0.1, -0.05) is 26.7 Å². The summed E-state index contributed by atoms with van der Waals surface area (Å²) in [5, 5.41) is 8.97. The Kier molecular flexibility index (Phi) is 6.57. The summed E-state index contributed by atoms with van der Waals surface area (Å²) >= 11 is 0. The minimum Gasteiger partial charge on any atom is -0.396 e. The fraction of sp³-hybridized carbons (Fsp3) is 1.00. The van der Waals surface area contributed by atoms with Crippen molar-refractivity contribution in [2.45, 2.75) is 45.6 Å². The molecule has 2 heteroatoms. The molecule has 0 rings (SSSR count). The van der Waals surface area contributed by atoms with Crippen LogP contribution in [0, 0.1) is 5.92 Å². The van der Waals surface area contributed by atoms with Gasteiger partial charge in [0.15, 0.2) is 0 Å². The molecule has 0 saturated heterocycles. The summed E-state index contributed by atoms with van der Waals surface area (Å²) in [6.07, 6.45) is 4.41. The van der Waals surface area contributed by atoms with Crippen LogP contribution in [0.25, 0.3) is 0 Å². The third-order valence-corrected chi connectivity index (χ3v) is 2.24. The van der Waals surface area contributed by atoms with Crippen LogP contribution >= 0.6 is 0 Å². The summed E-state index contributed by atoms with van der Waals surface area (Å²) in [5.74, 6) is 0.319. The van der Waals surface area contributed by atoms with Crippen LogP contribution in [-0.4, -0.2) is 17.8 Å². The van der Waals surface area contributed by atoms with Gasteiger partial charge >= 0.3 is 0 Å². The molecule has 0 amide bonds. The predicted molar refractivity (Wildman–Crippen MR) is 48.4 cm³/mol. The highest BCUT2D eigenvalue weighted by atomic mass is 16.3. The largest absolute Gasteiger partial charge is 0.396 e. The van der Waals surface area contributed by atoms with Crippen LogP contribution in [0.2, 0.25) is 0 Å². The van der Waals surface area contributed by atoms with Crippen molar-refractivity contribution in [1.82, 2.24) is 0 Å². The average molecular weight is 159 g/mol. The smallest absolute Gasteiger partial charge is 0.0474 e. The molecular weight excluding hydrogens is 138 g/mol. The van der Waals surface area contributed by atoms with Gasteiger partial charge in [-0.2, -0.15) is 0 Å². The summed E-state index contributed by atoms with van der Waals surface area (Å²) in [6.45, 7) is 4.47. The first-order chi connectivity index (χ1) is 5.26. The number of nitrogens with two attached hydrogens (primary N) is 1. The van der Waals surface area contributed by atoms with Crippen molar-refractivity contribution in [2.75, 3.05) is 6.61 Å². The first kappa shape index (κ1) is 10.9. The molecule has 0 aromatic heterocycles. The summed E-state index contributed by atoms with van der Waals surface area (Å²) < 4.78 is 0. The zero-order chi connectivity index (χ0) is 8.69. The van der Waals surface area contributed by atoms with Crippen molar-refractivity contribution in [2.24, 2.45) is 11.7 Å². The molecule has 2 nitrogen and oxygen atoms in total. The van der Waals surface area contributed by atoms with E-state index in [0.29, 0.717) is 5.92 Å². The van der Waals surface area contributed by atoms with Crippen LogP contribution in [-0.2, 0) is 0 Å². The van der Waals surface area contributed by atoms with Gasteiger partial charge in [0.05, 0.1) is 0 Å². The Morgan fingerprint density at radius 2 is 2.00 bits per heavy atom. The van der Waals surface area contributed by atoms with Gasteiger partial charge in [-0.25, -0.2) is 0 Å². The van der Waals surface area contributed by atoms with E-state index in [4.69, 9.17) is 10.8 Å². The van der Waals surface area contributed by atoms with Crippen molar-refractivity contribution in [1.29, 1.82) is 0 Å². The zero-order valence-corrected chi connectivity index (χ0v) is 7.71. The molecule has 0 heterocycles. The summed E-state index contributed by atoms with van der Waals surface area (Å²) in [4.78, 5) is 0. The number of hydrogen-bond donors (Lipinski definition) is 2. The van der Waals surface area contributed by atoms with Gasteiger partial charge < -0.3 is 10.8 Å². The second-order valence-corrected chi connectivity index (χ2v) is 3.16. The first-order valence-corrected chi connectivity index (χ1v) is 4.62. The highest BCUT2D eigenvalue weighted by Crippen LogP contribution is 2.12. The topological polar surface area (TPSA) is 46.2 Å². The molecule has 0 aliphatic rings. The normalized spacial score (nSPS) is 16.4. The van der Waals surface area contributed by atoms with Gasteiger partial charge in [0.1, 0.15) is 0 Å². The Bertz CT molecular complexity index is 85.6. The molecule has 0 aliphatic heterocycles. The van der Waals surface area contributed by atoms with Crippen molar-refractivity contribution in [3.8, 4) is 0 Å². The van der Waals surface area contributed by atoms with Crippen LogP contribution in [0.15, 0.2) is 0 Å². The lowest BCUT2D eigenvalue weighted by Gasteiger charge is -2.19. The van der Waals surface area contributed by atoms with E-state index in [-0.39, 0.29) is 12.6 Å². The second kappa shape index (κ2) is 6.62. The minimum atomic E-state index is 0.187. The molecule has 0 aromatic rings.